The largest absolute Gasteiger partial charge is 0.467 e. The lowest BCUT2D eigenvalue weighted by Gasteiger charge is -2.18. The molecule has 2 N–H and O–H groups in total. The van der Waals surface area contributed by atoms with Crippen molar-refractivity contribution in [2.24, 2.45) is 0 Å². The minimum atomic E-state index is -1.27. The van der Waals surface area contributed by atoms with E-state index in [1.165, 1.54) is 7.11 Å². The number of ether oxygens (including phenoxy) is 1. The van der Waals surface area contributed by atoms with Gasteiger partial charge in [-0.05, 0) is 25.0 Å². The van der Waals surface area contributed by atoms with E-state index in [1.54, 1.807) is 24.3 Å². The van der Waals surface area contributed by atoms with E-state index in [2.05, 4.69) is 10.6 Å². The quantitative estimate of drug-likeness (QED) is 0.679. The third kappa shape index (κ3) is 4.89. The van der Waals surface area contributed by atoms with E-state index < -0.39 is 34.8 Å². The molecule has 0 bridgehead atoms. The molecule has 0 aliphatic carbocycles. The summed E-state index contributed by atoms with van der Waals surface area (Å²) in [6.07, 6.45) is 0.869. The maximum absolute atomic E-state index is 12.2. The van der Waals surface area contributed by atoms with Gasteiger partial charge in [0.1, 0.15) is 12.1 Å². The summed E-state index contributed by atoms with van der Waals surface area (Å²) in [4.78, 5) is 35.8. The predicted molar refractivity (Wildman–Crippen MR) is 87.4 cm³/mol. The summed E-state index contributed by atoms with van der Waals surface area (Å²) in [7, 11) is -0.0447. The van der Waals surface area contributed by atoms with E-state index in [9.17, 15) is 18.6 Å². The molecule has 130 valence electrons. The molecule has 2 amide bonds. The summed E-state index contributed by atoms with van der Waals surface area (Å²) in [6.45, 7) is 0. The average molecular weight is 352 g/mol. The van der Waals surface area contributed by atoms with E-state index in [1.807, 2.05) is 6.07 Å². The van der Waals surface area contributed by atoms with Crippen LogP contribution in [0, 0.1) is 0 Å². The lowest BCUT2D eigenvalue weighted by atomic mass is 10.1. The SMILES string of the molecule is COC(=O)[C@H](CC[S@@](=O)c1ccccc1)NC(=O)[C@H]1CCC(=O)N1. The zero-order valence-corrected chi connectivity index (χ0v) is 14.1. The second kappa shape index (κ2) is 8.58. The molecule has 0 saturated carbocycles. The van der Waals surface area contributed by atoms with Gasteiger partial charge in [0.15, 0.2) is 0 Å². The smallest absolute Gasteiger partial charge is 0.328 e. The summed E-state index contributed by atoms with van der Waals surface area (Å²) in [6, 6.07) is 7.36. The third-order valence-corrected chi connectivity index (χ3v) is 5.12. The number of carbonyl (C=O) groups is 3. The van der Waals surface area contributed by atoms with Gasteiger partial charge >= 0.3 is 5.97 Å². The second-order valence-corrected chi connectivity index (χ2v) is 6.97. The van der Waals surface area contributed by atoms with Crippen LogP contribution in [0.5, 0.6) is 0 Å². The van der Waals surface area contributed by atoms with Crippen molar-refractivity contribution < 1.29 is 23.3 Å². The lowest BCUT2D eigenvalue weighted by molar-refractivity contribution is -0.145. The van der Waals surface area contributed by atoms with Crippen molar-refractivity contribution in [2.45, 2.75) is 36.2 Å². The van der Waals surface area contributed by atoms with Crippen LogP contribution in [0.2, 0.25) is 0 Å². The molecular formula is C16H20N2O5S. The molecule has 1 fully saturated rings. The summed E-state index contributed by atoms with van der Waals surface area (Å²) >= 11 is 0. The van der Waals surface area contributed by atoms with Gasteiger partial charge < -0.3 is 15.4 Å². The monoisotopic (exact) mass is 352 g/mol. The number of rotatable bonds is 7. The maximum atomic E-state index is 12.2. The van der Waals surface area contributed by atoms with Crippen LogP contribution >= 0.6 is 0 Å². The van der Waals surface area contributed by atoms with E-state index in [-0.39, 0.29) is 18.1 Å². The number of hydrogen-bond donors (Lipinski definition) is 2. The predicted octanol–water partition coefficient (Wildman–Crippen LogP) is 0.121. The first-order chi connectivity index (χ1) is 11.5. The van der Waals surface area contributed by atoms with Crippen LogP contribution in [0.3, 0.4) is 0 Å². The summed E-state index contributed by atoms with van der Waals surface area (Å²) in [5, 5.41) is 5.12. The highest BCUT2D eigenvalue weighted by atomic mass is 32.2. The molecule has 1 aliphatic heterocycles. The Balaban J connectivity index is 1.93. The van der Waals surface area contributed by atoms with Gasteiger partial charge in [0.2, 0.25) is 11.8 Å². The maximum Gasteiger partial charge on any atom is 0.328 e. The van der Waals surface area contributed by atoms with Crippen LogP contribution < -0.4 is 10.6 Å². The van der Waals surface area contributed by atoms with E-state index in [4.69, 9.17) is 4.74 Å². The topological polar surface area (TPSA) is 102 Å². The van der Waals surface area contributed by atoms with Crippen LogP contribution in [0.4, 0.5) is 0 Å². The van der Waals surface area contributed by atoms with Crippen molar-refractivity contribution in [3.05, 3.63) is 30.3 Å². The first kappa shape index (κ1) is 18.1. The van der Waals surface area contributed by atoms with Crippen LogP contribution in [0.15, 0.2) is 35.2 Å². The highest BCUT2D eigenvalue weighted by Crippen LogP contribution is 2.10. The van der Waals surface area contributed by atoms with Crippen molar-refractivity contribution in [3.63, 3.8) is 0 Å². The van der Waals surface area contributed by atoms with Gasteiger partial charge in [0.05, 0.1) is 17.9 Å². The fourth-order valence-corrected chi connectivity index (χ4v) is 3.54. The van der Waals surface area contributed by atoms with Gasteiger partial charge in [-0.3, -0.25) is 13.8 Å². The second-order valence-electron chi connectivity index (χ2n) is 5.39. The molecule has 2 rings (SSSR count). The summed E-state index contributed by atoms with van der Waals surface area (Å²) in [5.41, 5.74) is 0. The van der Waals surface area contributed by atoms with E-state index in [0.717, 1.165) is 0 Å². The highest BCUT2D eigenvalue weighted by Gasteiger charge is 2.30. The molecule has 0 spiro atoms. The zero-order valence-electron chi connectivity index (χ0n) is 13.3. The van der Waals surface area contributed by atoms with Crippen molar-refractivity contribution in [3.8, 4) is 0 Å². The van der Waals surface area contributed by atoms with Gasteiger partial charge in [-0.25, -0.2) is 4.79 Å². The summed E-state index contributed by atoms with van der Waals surface area (Å²) in [5.74, 6) is -1.00. The number of nitrogens with one attached hydrogen (secondary N) is 2. The van der Waals surface area contributed by atoms with Crippen LogP contribution in [-0.4, -0.2) is 46.9 Å². The van der Waals surface area contributed by atoms with Crippen molar-refractivity contribution in [1.82, 2.24) is 10.6 Å². The molecular weight excluding hydrogens is 332 g/mol. The van der Waals surface area contributed by atoms with Gasteiger partial charge in [0.25, 0.3) is 0 Å². The number of amides is 2. The minimum absolute atomic E-state index is 0.181. The highest BCUT2D eigenvalue weighted by molar-refractivity contribution is 7.85. The molecule has 8 heteroatoms. The molecule has 1 saturated heterocycles. The summed E-state index contributed by atoms with van der Waals surface area (Å²) < 4.78 is 16.9. The first-order valence-corrected chi connectivity index (χ1v) is 8.94. The Labute approximate surface area is 142 Å². The fourth-order valence-electron chi connectivity index (χ4n) is 2.39. The van der Waals surface area contributed by atoms with Crippen molar-refractivity contribution >= 4 is 28.6 Å². The van der Waals surface area contributed by atoms with Gasteiger partial charge in [-0.2, -0.15) is 0 Å². The molecule has 3 atom stereocenters. The Bertz CT molecular complexity index is 635. The Morgan fingerprint density at radius 1 is 1.38 bits per heavy atom. The number of benzene rings is 1. The standard InChI is InChI=1S/C16H20N2O5S/c1-23-16(21)13(18-15(20)12-7-8-14(19)17-12)9-10-24(22)11-5-3-2-4-6-11/h2-6,12-13H,7-10H2,1H3,(H,17,19)(H,18,20)/t12-,13+,24-/m1/s1. The molecule has 1 aromatic carbocycles. The third-order valence-electron chi connectivity index (χ3n) is 3.71. The molecule has 0 aromatic heterocycles. The molecule has 1 heterocycles. The number of hydrogen-bond acceptors (Lipinski definition) is 5. The molecule has 24 heavy (non-hydrogen) atoms. The van der Waals surface area contributed by atoms with Crippen molar-refractivity contribution in [2.75, 3.05) is 12.9 Å². The normalized spacial score (nSPS) is 19.2. The fraction of sp³-hybridized carbons (Fsp3) is 0.438. The van der Waals surface area contributed by atoms with Gasteiger partial charge in [-0.15, -0.1) is 0 Å². The minimum Gasteiger partial charge on any atom is -0.467 e. The average Bonchev–Trinajstić information content (AvgIpc) is 3.04. The van der Waals surface area contributed by atoms with Gasteiger partial charge in [0, 0.05) is 17.1 Å². The van der Waals surface area contributed by atoms with Gasteiger partial charge in [-0.1, -0.05) is 18.2 Å². The Hall–Kier alpha value is -2.22. The molecule has 7 nitrogen and oxygen atoms in total. The van der Waals surface area contributed by atoms with E-state index in [0.29, 0.717) is 17.7 Å². The first-order valence-electron chi connectivity index (χ1n) is 7.62. The molecule has 0 unspecified atom stereocenters. The molecule has 1 aliphatic rings. The molecule has 0 radical (unpaired) electrons. The van der Waals surface area contributed by atoms with Crippen molar-refractivity contribution in [1.29, 1.82) is 0 Å². The number of methoxy groups -OCH3 is 1. The zero-order chi connectivity index (χ0) is 17.5. The van der Waals surface area contributed by atoms with Crippen LogP contribution in [-0.2, 0) is 29.9 Å². The van der Waals surface area contributed by atoms with E-state index >= 15 is 0 Å². The Morgan fingerprint density at radius 2 is 2.08 bits per heavy atom. The number of carbonyl (C=O) groups excluding carboxylic acids is 3. The number of esters is 1. The Morgan fingerprint density at radius 3 is 2.67 bits per heavy atom. The lowest BCUT2D eigenvalue weighted by Crippen LogP contribution is -2.49. The Kier molecular flexibility index (Phi) is 6.48. The molecule has 1 aromatic rings. The van der Waals surface area contributed by atoms with Crippen LogP contribution in [0.1, 0.15) is 19.3 Å². The van der Waals surface area contributed by atoms with Crippen LogP contribution in [0.25, 0.3) is 0 Å².